The maximum absolute atomic E-state index is 11.0. The van der Waals surface area contributed by atoms with Gasteiger partial charge < -0.3 is 9.84 Å². The Balaban J connectivity index is 3.80. The molecule has 0 bridgehead atoms. The molecule has 0 aromatic heterocycles. The molecule has 94 valence electrons. The molecule has 0 amide bonds. The maximum Gasteiger partial charge on any atom is 0.304 e. The summed E-state index contributed by atoms with van der Waals surface area (Å²) >= 11 is 0. The Hall–Kier alpha value is -0.940. The van der Waals surface area contributed by atoms with E-state index in [0.717, 1.165) is 6.42 Å². The summed E-state index contributed by atoms with van der Waals surface area (Å²) < 4.78 is 5.19. The molecule has 5 nitrogen and oxygen atoms in total. The van der Waals surface area contributed by atoms with Crippen molar-refractivity contribution >= 4 is 11.8 Å². The van der Waals surface area contributed by atoms with E-state index in [1.165, 1.54) is 6.92 Å². The molecule has 0 rings (SSSR count). The number of carboxylic acids is 1. The van der Waals surface area contributed by atoms with Gasteiger partial charge in [0.15, 0.2) is 0 Å². The van der Waals surface area contributed by atoms with Crippen LogP contribution < -0.4 is 0 Å². The number of rotatable bonds is 10. The van der Waals surface area contributed by atoms with Gasteiger partial charge in [-0.25, -0.2) is 0 Å². The molecule has 0 fully saturated rings. The molecule has 1 N–H and O–H groups in total. The second-order valence-corrected chi connectivity index (χ2v) is 3.67. The lowest BCUT2D eigenvalue weighted by Crippen LogP contribution is -2.32. The maximum atomic E-state index is 11.0. The predicted molar refractivity (Wildman–Crippen MR) is 60.5 cm³/mol. The normalized spacial score (nSPS) is 10.7. The summed E-state index contributed by atoms with van der Waals surface area (Å²) in [4.78, 5) is 23.3. The van der Waals surface area contributed by atoms with E-state index in [0.29, 0.717) is 32.8 Å². The van der Waals surface area contributed by atoms with Crippen molar-refractivity contribution in [2.75, 3.05) is 32.8 Å². The van der Waals surface area contributed by atoms with Gasteiger partial charge in [-0.3, -0.25) is 14.5 Å². The number of Topliss-reactive ketones (excluding diaryl/α,β-unsaturated/α-hetero) is 1. The van der Waals surface area contributed by atoms with Gasteiger partial charge in [-0.1, -0.05) is 0 Å². The third kappa shape index (κ3) is 9.61. The highest BCUT2D eigenvalue weighted by Gasteiger charge is 2.09. The Morgan fingerprint density at radius 3 is 2.50 bits per heavy atom. The molecule has 0 aromatic rings. The minimum absolute atomic E-state index is 0.0572. The largest absolute Gasteiger partial charge is 0.481 e. The SMILES string of the molecule is CCOCCCN(CCC(=O)O)CC(C)=O. The number of nitrogens with zero attached hydrogens (tertiary/aromatic N) is 1. The number of carbonyl (C=O) groups excluding carboxylic acids is 1. The number of ether oxygens (including phenoxy) is 1. The lowest BCUT2D eigenvalue weighted by Gasteiger charge is -2.19. The standard InChI is InChI=1S/C11H21NO4/c1-3-16-8-4-6-12(9-10(2)13)7-5-11(14)15/h3-9H2,1-2H3,(H,14,15). The monoisotopic (exact) mass is 231 g/mol. The van der Waals surface area contributed by atoms with Crippen molar-refractivity contribution in [3.63, 3.8) is 0 Å². The van der Waals surface area contributed by atoms with E-state index in [4.69, 9.17) is 9.84 Å². The van der Waals surface area contributed by atoms with Gasteiger partial charge >= 0.3 is 5.97 Å². The number of ketones is 1. The zero-order valence-corrected chi connectivity index (χ0v) is 10.1. The van der Waals surface area contributed by atoms with Crippen molar-refractivity contribution in [2.45, 2.75) is 26.7 Å². The Labute approximate surface area is 96.4 Å². The van der Waals surface area contributed by atoms with Crippen LogP contribution in [0.15, 0.2) is 0 Å². The number of hydrogen-bond donors (Lipinski definition) is 1. The van der Waals surface area contributed by atoms with Gasteiger partial charge in [0.05, 0.1) is 13.0 Å². The van der Waals surface area contributed by atoms with Crippen LogP contribution in [0.2, 0.25) is 0 Å². The van der Waals surface area contributed by atoms with E-state index in [9.17, 15) is 9.59 Å². The van der Waals surface area contributed by atoms with Gasteiger partial charge in [0.25, 0.3) is 0 Å². The molecule has 5 heteroatoms. The van der Waals surface area contributed by atoms with E-state index in [1.807, 2.05) is 11.8 Å². The molecule has 0 atom stereocenters. The molecular formula is C11H21NO4. The van der Waals surface area contributed by atoms with Crippen LogP contribution in [0.25, 0.3) is 0 Å². The molecule has 0 aliphatic heterocycles. The van der Waals surface area contributed by atoms with Crippen LogP contribution in [-0.4, -0.2) is 54.6 Å². The molecule has 0 saturated heterocycles. The first-order valence-corrected chi connectivity index (χ1v) is 5.57. The van der Waals surface area contributed by atoms with Crippen molar-refractivity contribution in [3.8, 4) is 0 Å². The second-order valence-electron chi connectivity index (χ2n) is 3.67. The first-order valence-electron chi connectivity index (χ1n) is 5.57. The van der Waals surface area contributed by atoms with E-state index >= 15 is 0 Å². The second kappa shape index (κ2) is 9.30. The zero-order chi connectivity index (χ0) is 12.4. The summed E-state index contributed by atoms with van der Waals surface area (Å²) in [6.45, 7) is 6.21. The van der Waals surface area contributed by atoms with Crippen molar-refractivity contribution in [1.29, 1.82) is 0 Å². The molecule has 0 spiro atoms. The Morgan fingerprint density at radius 1 is 1.31 bits per heavy atom. The molecule has 0 radical (unpaired) electrons. The number of carbonyl (C=O) groups is 2. The van der Waals surface area contributed by atoms with Gasteiger partial charge in [-0.15, -0.1) is 0 Å². The van der Waals surface area contributed by atoms with E-state index in [-0.39, 0.29) is 12.2 Å². The minimum Gasteiger partial charge on any atom is -0.481 e. The third-order valence-electron chi connectivity index (χ3n) is 2.06. The quantitative estimate of drug-likeness (QED) is 0.563. The fourth-order valence-electron chi connectivity index (χ4n) is 1.37. The van der Waals surface area contributed by atoms with Gasteiger partial charge in [0, 0.05) is 26.3 Å². The van der Waals surface area contributed by atoms with E-state index in [1.54, 1.807) is 0 Å². The van der Waals surface area contributed by atoms with Crippen LogP contribution in [0.1, 0.15) is 26.7 Å². The third-order valence-corrected chi connectivity index (χ3v) is 2.06. The highest BCUT2D eigenvalue weighted by atomic mass is 16.5. The molecular weight excluding hydrogens is 210 g/mol. The average molecular weight is 231 g/mol. The van der Waals surface area contributed by atoms with Gasteiger partial charge in [0.1, 0.15) is 5.78 Å². The fraction of sp³-hybridized carbons (Fsp3) is 0.818. The van der Waals surface area contributed by atoms with Gasteiger partial charge in [-0.2, -0.15) is 0 Å². The first-order chi connectivity index (χ1) is 7.56. The van der Waals surface area contributed by atoms with Crippen LogP contribution >= 0.6 is 0 Å². The highest BCUT2D eigenvalue weighted by molar-refractivity contribution is 5.77. The molecule has 0 aromatic carbocycles. The molecule has 0 aliphatic carbocycles. The van der Waals surface area contributed by atoms with Crippen molar-refractivity contribution in [2.24, 2.45) is 0 Å². The minimum atomic E-state index is -0.835. The van der Waals surface area contributed by atoms with Crippen LogP contribution in [0.5, 0.6) is 0 Å². The summed E-state index contributed by atoms with van der Waals surface area (Å²) in [6.07, 6.45) is 0.892. The Kier molecular flexibility index (Phi) is 8.75. The highest BCUT2D eigenvalue weighted by Crippen LogP contribution is 1.96. The summed E-state index contributed by atoms with van der Waals surface area (Å²) in [5.74, 6) is -0.778. The van der Waals surface area contributed by atoms with E-state index < -0.39 is 5.97 Å². The molecule has 0 heterocycles. The van der Waals surface area contributed by atoms with Crippen LogP contribution in [0, 0.1) is 0 Å². The first kappa shape index (κ1) is 15.1. The lowest BCUT2D eigenvalue weighted by molar-refractivity contribution is -0.137. The van der Waals surface area contributed by atoms with Crippen molar-refractivity contribution < 1.29 is 19.4 Å². The van der Waals surface area contributed by atoms with Crippen molar-refractivity contribution in [1.82, 2.24) is 4.90 Å². The molecule has 0 aliphatic rings. The summed E-state index contributed by atoms with van der Waals surface area (Å²) in [5, 5.41) is 8.57. The molecule has 16 heavy (non-hydrogen) atoms. The summed E-state index contributed by atoms with van der Waals surface area (Å²) in [6, 6.07) is 0. The summed E-state index contributed by atoms with van der Waals surface area (Å²) in [7, 11) is 0. The van der Waals surface area contributed by atoms with Crippen LogP contribution in [0.4, 0.5) is 0 Å². The van der Waals surface area contributed by atoms with Crippen molar-refractivity contribution in [3.05, 3.63) is 0 Å². The predicted octanol–water partition coefficient (Wildman–Crippen LogP) is 0.779. The summed E-state index contributed by atoms with van der Waals surface area (Å²) in [5.41, 5.74) is 0. The fourth-order valence-corrected chi connectivity index (χ4v) is 1.37. The average Bonchev–Trinajstić information content (AvgIpc) is 2.19. The van der Waals surface area contributed by atoms with Gasteiger partial charge in [0.2, 0.25) is 0 Å². The van der Waals surface area contributed by atoms with Gasteiger partial charge in [-0.05, 0) is 20.3 Å². The Morgan fingerprint density at radius 2 is 2.00 bits per heavy atom. The molecule has 0 saturated carbocycles. The lowest BCUT2D eigenvalue weighted by atomic mass is 10.3. The number of hydrogen-bond acceptors (Lipinski definition) is 4. The molecule has 0 unspecified atom stereocenters. The van der Waals surface area contributed by atoms with Crippen LogP contribution in [0.3, 0.4) is 0 Å². The number of aliphatic carboxylic acids is 1. The topological polar surface area (TPSA) is 66.8 Å². The van der Waals surface area contributed by atoms with Crippen LogP contribution in [-0.2, 0) is 14.3 Å². The zero-order valence-electron chi connectivity index (χ0n) is 10.1. The number of carboxylic acid groups (broad SMARTS) is 1. The van der Waals surface area contributed by atoms with E-state index in [2.05, 4.69) is 0 Å². The Bertz CT molecular complexity index is 218. The smallest absolute Gasteiger partial charge is 0.304 e.